The normalized spacial score (nSPS) is 22.4. The highest BCUT2D eigenvalue weighted by Gasteiger charge is 2.32. The molecule has 2 aliphatic rings. The summed E-state index contributed by atoms with van der Waals surface area (Å²) < 4.78 is 29.4. The summed E-state index contributed by atoms with van der Waals surface area (Å²) in [5.41, 5.74) is 0. The molecule has 2 saturated heterocycles. The lowest BCUT2D eigenvalue weighted by Crippen LogP contribution is -2.54. The van der Waals surface area contributed by atoms with Gasteiger partial charge in [-0.15, -0.1) is 0 Å². The van der Waals surface area contributed by atoms with Crippen molar-refractivity contribution >= 4 is 16.0 Å². The van der Waals surface area contributed by atoms with Crippen molar-refractivity contribution in [2.24, 2.45) is 10.9 Å². The molecule has 22 heavy (non-hydrogen) atoms. The van der Waals surface area contributed by atoms with E-state index < -0.39 is 10.0 Å². The van der Waals surface area contributed by atoms with Crippen LogP contribution in [0.15, 0.2) is 4.99 Å². The first-order valence-electron chi connectivity index (χ1n) is 7.69. The van der Waals surface area contributed by atoms with Crippen LogP contribution in [0.2, 0.25) is 0 Å². The highest BCUT2D eigenvalue weighted by atomic mass is 32.2. The summed E-state index contributed by atoms with van der Waals surface area (Å²) in [5.74, 6) is 1.12. The van der Waals surface area contributed by atoms with Crippen LogP contribution in [0, 0.1) is 5.92 Å². The molecule has 9 heteroatoms. The summed E-state index contributed by atoms with van der Waals surface area (Å²) in [6, 6.07) is 0. The van der Waals surface area contributed by atoms with E-state index >= 15 is 0 Å². The van der Waals surface area contributed by atoms with E-state index in [-0.39, 0.29) is 0 Å². The molecule has 0 spiro atoms. The molecule has 2 heterocycles. The zero-order chi connectivity index (χ0) is 16.0. The maximum Gasteiger partial charge on any atom is 0.211 e. The van der Waals surface area contributed by atoms with Gasteiger partial charge in [-0.2, -0.15) is 0 Å². The van der Waals surface area contributed by atoms with E-state index in [2.05, 4.69) is 20.5 Å². The molecular formula is C13H27N5O3S. The van der Waals surface area contributed by atoms with Crippen molar-refractivity contribution in [2.45, 2.75) is 0 Å². The zero-order valence-corrected chi connectivity index (χ0v) is 14.2. The lowest BCUT2D eigenvalue weighted by molar-refractivity contribution is 0.0389. The van der Waals surface area contributed by atoms with Crippen LogP contribution in [-0.2, 0) is 14.8 Å². The molecule has 0 radical (unpaired) electrons. The molecule has 0 amide bonds. The molecule has 128 valence electrons. The minimum Gasteiger partial charge on any atom is -0.379 e. The van der Waals surface area contributed by atoms with Crippen LogP contribution >= 0.6 is 0 Å². The Morgan fingerprint density at radius 2 is 1.95 bits per heavy atom. The Hall–Kier alpha value is -0.900. The molecule has 0 unspecified atom stereocenters. The third kappa shape index (κ3) is 5.38. The highest BCUT2D eigenvalue weighted by Crippen LogP contribution is 2.17. The first kappa shape index (κ1) is 17.5. The van der Waals surface area contributed by atoms with Gasteiger partial charge >= 0.3 is 0 Å². The van der Waals surface area contributed by atoms with Crippen LogP contribution in [0.1, 0.15) is 0 Å². The second-order valence-corrected chi connectivity index (χ2v) is 7.76. The van der Waals surface area contributed by atoms with Crippen LogP contribution in [0.25, 0.3) is 0 Å². The minimum absolute atomic E-state index is 0.354. The largest absolute Gasteiger partial charge is 0.379 e. The van der Waals surface area contributed by atoms with E-state index in [1.165, 1.54) is 10.6 Å². The fraction of sp³-hybridized carbons (Fsp3) is 0.923. The van der Waals surface area contributed by atoms with Crippen molar-refractivity contribution in [3.05, 3.63) is 0 Å². The van der Waals surface area contributed by atoms with Gasteiger partial charge in [-0.25, -0.2) is 12.7 Å². The van der Waals surface area contributed by atoms with E-state index in [4.69, 9.17) is 4.74 Å². The SMILES string of the molecule is CN=C(NCCN1CCOCC1)NCC1CN(S(C)(=O)=O)C1. The van der Waals surface area contributed by atoms with Gasteiger partial charge in [-0.05, 0) is 0 Å². The van der Waals surface area contributed by atoms with Crippen molar-refractivity contribution < 1.29 is 13.2 Å². The predicted octanol–water partition coefficient (Wildman–Crippen LogP) is -1.62. The Labute approximate surface area is 132 Å². The Morgan fingerprint density at radius 1 is 1.27 bits per heavy atom. The third-order valence-electron chi connectivity index (χ3n) is 4.00. The molecule has 0 bridgehead atoms. The number of morpholine rings is 1. The van der Waals surface area contributed by atoms with Gasteiger partial charge in [0.05, 0.1) is 19.5 Å². The van der Waals surface area contributed by atoms with Gasteiger partial charge in [0.2, 0.25) is 10.0 Å². The summed E-state index contributed by atoms with van der Waals surface area (Å²) in [4.78, 5) is 6.55. The molecule has 2 rings (SSSR count). The van der Waals surface area contributed by atoms with E-state index in [9.17, 15) is 8.42 Å². The molecule has 2 N–H and O–H groups in total. The van der Waals surface area contributed by atoms with Gasteiger partial charge in [0, 0.05) is 58.8 Å². The number of ether oxygens (including phenoxy) is 1. The molecule has 0 saturated carbocycles. The smallest absolute Gasteiger partial charge is 0.211 e. The number of sulfonamides is 1. The fourth-order valence-electron chi connectivity index (χ4n) is 2.54. The Morgan fingerprint density at radius 3 is 2.55 bits per heavy atom. The molecule has 0 aromatic carbocycles. The Bertz CT molecular complexity index is 470. The lowest BCUT2D eigenvalue weighted by Gasteiger charge is -2.37. The minimum atomic E-state index is -3.03. The van der Waals surface area contributed by atoms with Crippen LogP contribution in [0.4, 0.5) is 0 Å². The summed E-state index contributed by atoms with van der Waals surface area (Å²) in [6.45, 7) is 7.32. The van der Waals surface area contributed by atoms with Gasteiger partial charge in [-0.1, -0.05) is 0 Å². The number of aliphatic imine (C=N–C) groups is 1. The number of nitrogens with zero attached hydrogens (tertiary/aromatic N) is 3. The average molecular weight is 333 g/mol. The molecule has 2 aliphatic heterocycles. The van der Waals surface area contributed by atoms with Crippen LogP contribution in [0.5, 0.6) is 0 Å². The van der Waals surface area contributed by atoms with E-state index in [0.29, 0.717) is 19.0 Å². The Balaban J connectivity index is 1.58. The van der Waals surface area contributed by atoms with Gasteiger partial charge in [0.25, 0.3) is 0 Å². The van der Waals surface area contributed by atoms with E-state index in [1.54, 1.807) is 7.05 Å². The monoisotopic (exact) mass is 333 g/mol. The molecule has 0 aromatic heterocycles. The summed E-state index contributed by atoms with van der Waals surface area (Å²) in [5, 5.41) is 6.54. The summed E-state index contributed by atoms with van der Waals surface area (Å²) >= 11 is 0. The fourth-order valence-corrected chi connectivity index (χ4v) is 3.50. The van der Waals surface area contributed by atoms with Crippen molar-refractivity contribution in [1.82, 2.24) is 19.8 Å². The maximum atomic E-state index is 11.3. The summed E-state index contributed by atoms with van der Waals surface area (Å²) in [6.07, 6.45) is 1.25. The maximum absolute atomic E-state index is 11.3. The standard InChI is InChI=1S/C13H27N5O3S/c1-14-13(15-3-4-17-5-7-21-8-6-17)16-9-12-10-18(11-12)22(2,19)20/h12H,3-11H2,1-2H3,(H2,14,15,16). The highest BCUT2D eigenvalue weighted by molar-refractivity contribution is 7.88. The molecule has 0 aromatic rings. The van der Waals surface area contributed by atoms with Crippen molar-refractivity contribution in [3.8, 4) is 0 Å². The molecule has 8 nitrogen and oxygen atoms in total. The second kappa shape index (κ2) is 8.09. The number of rotatable bonds is 6. The zero-order valence-electron chi connectivity index (χ0n) is 13.4. The second-order valence-electron chi connectivity index (χ2n) is 5.78. The molecule has 0 aliphatic carbocycles. The molecule has 0 atom stereocenters. The van der Waals surface area contributed by atoms with Crippen molar-refractivity contribution in [2.75, 3.05) is 72.3 Å². The quantitative estimate of drug-likeness (QED) is 0.449. The lowest BCUT2D eigenvalue weighted by atomic mass is 10.0. The van der Waals surface area contributed by atoms with Gasteiger partial charge < -0.3 is 15.4 Å². The topological polar surface area (TPSA) is 86.3 Å². The number of nitrogens with one attached hydrogen (secondary N) is 2. The van der Waals surface area contributed by atoms with Gasteiger partial charge in [0.1, 0.15) is 0 Å². The first-order chi connectivity index (χ1) is 10.5. The number of hydrogen-bond acceptors (Lipinski definition) is 5. The van der Waals surface area contributed by atoms with Crippen LogP contribution < -0.4 is 10.6 Å². The van der Waals surface area contributed by atoms with Crippen molar-refractivity contribution in [1.29, 1.82) is 0 Å². The molecule has 2 fully saturated rings. The van der Waals surface area contributed by atoms with Crippen molar-refractivity contribution in [3.63, 3.8) is 0 Å². The predicted molar refractivity (Wildman–Crippen MR) is 86.5 cm³/mol. The number of hydrogen-bond donors (Lipinski definition) is 2. The first-order valence-corrected chi connectivity index (χ1v) is 9.53. The van der Waals surface area contributed by atoms with Crippen LogP contribution in [0.3, 0.4) is 0 Å². The Kier molecular flexibility index (Phi) is 6.42. The van der Waals surface area contributed by atoms with Gasteiger partial charge in [-0.3, -0.25) is 9.89 Å². The summed E-state index contributed by atoms with van der Waals surface area (Å²) in [7, 11) is -1.28. The van der Waals surface area contributed by atoms with E-state index in [1.807, 2.05) is 0 Å². The molecular weight excluding hydrogens is 306 g/mol. The van der Waals surface area contributed by atoms with E-state index in [0.717, 1.165) is 51.9 Å². The number of guanidine groups is 1. The van der Waals surface area contributed by atoms with Crippen LogP contribution in [-0.4, -0.2) is 95.9 Å². The average Bonchev–Trinajstić information content (AvgIpc) is 2.43. The van der Waals surface area contributed by atoms with Gasteiger partial charge in [0.15, 0.2) is 5.96 Å². The third-order valence-corrected chi connectivity index (χ3v) is 5.23.